The van der Waals surface area contributed by atoms with Gasteiger partial charge in [0.15, 0.2) is 0 Å². The van der Waals surface area contributed by atoms with Crippen molar-refractivity contribution in [3.8, 4) is 5.88 Å². The van der Waals surface area contributed by atoms with E-state index in [0.717, 1.165) is 17.7 Å². The molecule has 1 unspecified atom stereocenters. The highest BCUT2D eigenvalue weighted by Crippen LogP contribution is 2.30. The molecule has 0 bridgehead atoms. The van der Waals surface area contributed by atoms with Crippen LogP contribution in [0.4, 0.5) is 0 Å². The van der Waals surface area contributed by atoms with E-state index in [1.54, 1.807) is 23.1 Å². The Morgan fingerprint density at radius 1 is 1.56 bits per heavy atom. The SMILES string of the molecule is COc1c(C(O)CCc2cccs2)c(C)nn1C. The number of ether oxygens (including phenoxy) is 1. The molecule has 0 spiro atoms. The first kappa shape index (κ1) is 13.1. The monoisotopic (exact) mass is 266 g/mol. The van der Waals surface area contributed by atoms with Gasteiger partial charge in [-0.05, 0) is 31.2 Å². The van der Waals surface area contributed by atoms with Crippen molar-refractivity contribution in [1.82, 2.24) is 9.78 Å². The zero-order valence-corrected chi connectivity index (χ0v) is 11.7. The Kier molecular flexibility index (Phi) is 4.04. The molecule has 18 heavy (non-hydrogen) atoms. The van der Waals surface area contributed by atoms with Gasteiger partial charge >= 0.3 is 0 Å². The Hall–Kier alpha value is -1.33. The molecule has 2 rings (SSSR count). The van der Waals surface area contributed by atoms with Crippen LogP contribution in [0.15, 0.2) is 17.5 Å². The second kappa shape index (κ2) is 5.54. The van der Waals surface area contributed by atoms with Crippen LogP contribution in [0.5, 0.6) is 5.88 Å². The van der Waals surface area contributed by atoms with Gasteiger partial charge in [0.2, 0.25) is 5.88 Å². The summed E-state index contributed by atoms with van der Waals surface area (Å²) in [6.07, 6.45) is 1.02. The maximum absolute atomic E-state index is 10.3. The van der Waals surface area contributed by atoms with Crippen LogP contribution < -0.4 is 4.74 Å². The van der Waals surface area contributed by atoms with E-state index in [2.05, 4.69) is 16.5 Å². The number of aromatic nitrogens is 2. The van der Waals surface area contributed by atoms with E-state index >= 15 is 0 Å². The third kappa shape index (κ3) is 2.57. The molecule has 0 fully saturated rings. The minimum Gasteiger partial charge on any atom is -0.481 e. The van der Waals surface area contributed by atoms with Crippen LogP contribution >= 0.6 is 11.3 Å². The average Bonchev–Trinajstić information content (AvgIpc) is 2.93. The molecule has 0 radical (unpaired) electrons. The molecule has 2 aromatic heterocycles. The molecule has 1 atom stereocenters. The van der Waals surface area contributed by atoms with E-state index < -0.39 is 6.10 Å². The minimum atomic E-state index is -0.532. The average molecular weight is 266 g/mol. The predicted octanol–water partition coefficient (Wildman–Crippen LogP) is 2.46. The molecule has 0 aliphatic carbocycles. The van der Waals surface area contributed by atoms with Crippen LogP contribution in [-0.2, 0) is 13.5 Å². The van der Waals surface area contributed by atoms with E-state index in [1.807, 2.05) is 20.0 Å². The molecule has 98 valence electrons. The lowest BCUT2D eigenvalue weighted by molar-refractivity contribution is 0.162. The van der Waals surface area contributed by atoms with Crippen LogP contribution in [0.2, 0.25) is 0 Å². The first-order valence-corrected chi connectivity index (χ1v) is 6.79. The van der Waals surface area contributed by atoms with Crippen LogP contribution in [0, 0.1) is 6.92 Å². The number of aryl methyl sites for hydroxylation is 3. The lowest BCUT2D eigenvalue weighted by Crippen LogP contribution is -2.03. The summed E-state index contributed by atoms with van der Waals surface area (Å²) in [7, 11) is 3.42. The first-order valence-electron chi connectivity index (χ1n) is 5.91. The summed E-state index contributed by atoms with van der Waals surface area (Å²) in [5.74, 6) is 0.645. The van der Waals surface area contributed by atoms with Crippen molar-refractivity contribution in [3.05, 3.63) is 33.6 Å². The number of rotatable bonds is 5. The largest absolute Gasteiger partial charge is 0.481 e. The maximum Gasteiger partial charge on any atom is 0.217 e. The molecule has 0 amide bonds. The Morgan fingerprint density at radius 3 is 2.94 bits per heavy atom. The third-order valence-electron chi connectivity index (χ3n) is 2.98. The van der Waals surface area contributed by atoms with E-state index in [9.17, 15) is 5.11 Å². The molecule has 0 aromatic carbocycles. The Morgan fingerprint density at radius 2 is 2.33 bits per heavy atom. The van der Waals surface area contributed by atoms with Gasteiger partial charge in [-0.1, -0.05) is 6.07 Å². The third-order valence-corrected chi connectivity index (χ3v) is 3.92. The summed E-state index contributed by atoms with van der Waals surface area (Å²) in [5, 5.41) is 16.6. The molecule has 1 N–H and O–H groups in total. The highest BCUT2D eigenvalue weighted by molar-refractivity contribution is 7.09. The fraction of sp³-hybridized carbons (Fsp3) is 0.462. The molecule has 0 saturated heterocycles. The normalized spacial score (nSPS) is 12.7. The number of methoxy groups -OCH3 is 1. The highest BCUT2D eigenvalue weighted by Gasteiger charge is 2.21. The molecule has 2 aromatic rings. The zero-order valence-electron chi connectivity index (χ0n) is 10.9. The van der Waals surface area contributed by atoms with Crippen molar-refractivity contribution < 1.29 is 9.84 Å². The molecular formula is C13H18N2O2S. The van der Waals surface area contributed by atoms with Crippen molar-refractivity contribution in [1.29, 1.82) is 0 Å². The van der Waals surface area contributed by atoms with Crippen molar-refractivity contribution in [2.45, 2.75) is 25.9 Å². The number of hydrogen-bond donors (Lipinski definition) is 1. The number of thiophene rings is 1. The number of nitrogens with zero attached hydrogens (tertiary/aromatic N) is 2. The second-order valence-corrected chi connectivity index (χ2v) is 5.30. The van der Waals surface area contributed by atoms with Crippen molar-refractivity contribution in [2.75, 3.05) is 7.11 Å². The van der Waals surface area contributed by atoms with Gasteiger partial charge in [0.05, 0.1) is 24.5 Å². The summed E-state index contributed by atoms with van der Waals surface area (Å²) in [4.78, 5) is 1.29. The number of aliphatic hydroxyl groups is 1. The zero-order chi connectivity index (χ0) is 13.1. The number of hydrogen-bond acceptors (Lipinski definition) is 4. The summed E-state index contributed by atoms with van der Waals surface area (Å²) in [6.45, 7) is 1.90. The second-order valence-electron chi connectivity index (χ2n) is 4.27. The predicted molar refractivity (Wildman–Crippen MR) is 72.1 cm³/mol. The molecule has 5 heteroatoms. The minimum absolute atomic E-state index is 0.532. The van der Waals surface area contributed by atoms with Gasteiger partial charge < -0.3 is 9.84 Å². The van der Waals surface area contributed by atoms with Crippen molar-refractivity contribution in [2.24, 2.45) is 7.05 Å². The topological polar surface area (TPSA) is 47.3 Å². The van der Waals surface area contributed by atoms with Gasteiger partial charge in [-0.25, -0.2) is 4.68 Å². The fourth-order valence-electron chi connectivity index (χ4n) is 2.16. The van der Waals surface area contributed by atoms with Crippen molar-refractivity contribution >= 4 is 11.3 Å². The summed E-state index contributed by atoms with van der Waals surface area (Å²) in [5.41, 5.74) is 1.63. The van der Waals surface area contributed by atoms with E-state index in [4.69, 9.17) is 4.74 Å². The fourth-order valence-corrected chi connectivity index (χ4v) is 2.88. The molecule has 4 nitrogen and oxygen atoms in total. The summed E-state index contributed by atoms with van der Waals surface area (Å²) >= 11 is 1.72. The van der Waals surface area contributed by atoms with Crippen LogP contribution in [-0.4, -0.2) is 22.0 Å². The lowest BCUT2D eigenvalue weighted by atomic mass is 10.0. The van der Waals surface area contributed by atoms with E-state index in [-0.39, 0.29) is 0 Å². The molecule has 0 aliphatic heterocycles. The van der Waals surface area contributed by atoms with Crippen LogP contribution in [0.3, 0.4) is 0 Å². The highest BCUT2D eigenvalue weighted by atomic mass is 32.1. The first-order chi connectivity index (χ1) is 8.63. The Balaban J connectivity index is 2.11. The maximum atomic E-state index is 10.3. The summed E-state index contributed by atoms with van der Waals surface area (Å²) < 4.78 is 6.96. The van der Waals surface area contributed by atoms with E-state index in [0.29, 0.717) is 12.3 Å². The van der Waals surface area contributed by atoms with Crippen LogP contribution in [0.25, 0.3) is 0 Å². The Labute approximate surface area is 111 Å². The van der Waals surface area contributed by atoms with Gasteiger partial charge in [-0.3, -0.25) is 0 Å². The molecule has 0 aliphatic rings. The lowest BCUT2D eigenvalue weighted by Gasteiger charge is -2.11. The Bertz CT molecular complexity index is 505. The van der Waals surface area contributed by atoms with Crippen molar-refractivity contribution in [3.63, 3.8) is 0 Å². The van der Waals surface area contributed by atoms with Crippen LogP contribution in [0.1, 0.15) is 28.7 Å². The number of aliphatic hydroxyl groups excluding tert-OH is 1. The van der Waals surface area contributed by atoms with E-state index in [1.165, 1.54) is 4.88 Å². The standard InChI is InChI=1S/C13H18N2O2S/c1-9-12(13(17-3)15(2)14-9)11(16)7-6-10-5-4-8-18-10/h4-5,8,11,16H,6-7H2,1-3H3. The smallest absolute Gasteiger partial charge is 0.217 e. The van der Waals surface area contributed by atoms with Gasteiger partial charge in [0.25, 0.3) is 0 Å². The quantitative estimate of drug-likeness (QED) is 0.904. The molecular weight excluding hydrogens is 248 g/mol. The van der Waals surface area contributed by atoms with Gasteiger partial charge in [-0.15, -0.1) is 11.3 Å². The summed E-state index contributed by atoms with van der Waals surface area (Å²) in [6, 6.07) is 4.12. The van der Waals surface area contributed by atoms with Gasteiger partial charge in [0.1, 0.15) is 0 Å². The molecule has 0 saturated carbocycles. The van der Waals surface area contributed by atoms with Gasteiger partial charge in [-0.2, -0.15) is 5.10 Å². The van der Waals surface area contributed by atoms with Gasteiger partial charge in [0, 0.05) is 11.9 Å². The molecule has 2 heterocycles.